The minimum atomic E-state index is -0.230. The number of hydrogen-bond donors (Lipinski definition) is 0. The largest absolute Gasteiger partial charge is 0.244 e. The SMILES string of the molecule is CCC(C)c1ccc(F)c(-c2cncnc2)c1. The van der Waals surface area contributed by atoms with Gasteiger partial charge in [-0.05, 0) is 30.0 Å². The molecule has 0 N–H and O–H groups in total. The summed E-state index contributed by atoms with van der Waals surface area (Å²) in [6.45, 7) is 4.26. The van der Waals surface area contributed by atoms with Crippen LogP contribution in [-0.2, 0) is 0 Å². The van der Waals surface area contributed by atoms with Crippen LogP contribution >= 0.6 is 0 Å². The Hall–Kier alpha value is -1.77. The molecule has 2 rings (SSSR count). The Kier molecular flexibility index (Phi) is 3.47. The van der Waals surface area contributed by atoms with Crippen molar-refractivity contribution in [3.63, 3.8) is 0 Å². The van der Waals surface area contributed by atoms with Gasteiger partial charge in [0.2, 0.25) is 0 Å². The third-order valence-electron chi connectivity index (χ3n) is 3.04. The van der Waals surface area contributed by atoms with Gasteiger partial charge < -0.3 is 0 Å². The molecule has 0 aliphatic heterocycles. The topological polar surface area (TPSA) is 25.8 Å². The molecule has 17 heavy (non-hydrogen) atoms. The van der Waals surface area contributed by atoms with Gasteiger partial charge in [0, 0.05) is 23.5 Å². The van der Waals surface area contributed by atoms with Gasteiger partial charge in [0.25, 0.3) is 0 Å². The third kappa shape index (κ3) is 2.49. The Morgan fingerprint density at radius 3 is 2.59 bits per heavy atom. The number of nitrogens with zero attached hydrogens (tertiary/aromatic N) is 2. The fourth-order valence-corrected chi connectivity index (χ4v) is 1.74. The van der Waals surface area contributed by atoms with E-state index >= 15 is 0 Å². The minimum Gasteiger partial charge on any atom is -0.244 e. The average Bonchev–Trinajstić information content (AvgIpc) is 2.39. The van der Waals surface area contributed by atoms with Crippen molar-refractivity contribution in [1.29, 1.82) is 0 Å². The first-order valence-electron chi connectivity index (χ1n) is 5.77. The van der Waals surface area contributed by atoms with E-state index < -0.39 is 0 Å². The van der Waals surface area contributed by atoms with Crippen molar-refractivity contribution in [3.8, 4) is 11.1 Å². The second-order valence-electron chi connectivity index (χ2n) is 4.18. The molecule has 0 spiro atoms. The van der Waals surface area contributed by atoms with Crippen LogP contribution in [0.25, 0.3) is 11.1 Å². The molecule has 3 heteroatoms. The number of halogens is 1. The van der Waals surface area contributed by atoms with Crippen molar-refractivity contribution in [2.24, 2.45) is 0 Å². The van der Waals surface area contributed by atoms with Crippen molar-refractivity contribution >= 4 is 0 Å². The molecule has 1 aromatic heterocycles. The zero-order valence-corrected chi connectivity index (χ0v) is 10.0. The van der Waals surface area contributed by atoms with Crippen LogP contribution in [0.3, 0.4) is 0 Å². The molecule has 0 radical (unpaired) electrons. The molecular formula is C14H15FN2. The van der Waals surface area contributed by atoms with E-state index in [9.17, 15) is 4.39 Å². The Balaban J connectivity index is 2.47. The first-order valence-corrected chi connectivity index (χ1v) is 5.77. The van der Waals surface area contributed by atoms with E-state index in [1.807, 2.05) is 12.1 Å². The Morgan fingerprint density at radius 1 is 1.24 bits per heavy atom. The number of aromatic nitrogens is 2. The predicted octanol–water partition coefficient (Wildman–Crippen LogP) is 3.80. The van der Waals surface area contributed by atoms with Crippen LogP contribution < -0.4 is 0 Å². The van der Waals surface area contributed by atoms with Gasteiger partial charge in [-0.1, -0.05) is 19.9 Å². The van der Waals surface area contributed by atoms with Crippen LogP contribution in [-0.4, -0.2) is 9.97 Å². The lowest BCUT2D eigenvalue weighted by Crippen LogP contribution is -1.94. The van der Waals surface area contributed by atoms with Crippen molar-refractivity contribution in [3.05, 3.63) is 48.3 Å². The summed E-state index contributed by atoms with van der Waals surface area (Å²) in [5, 5.41) is 0. The molecule has 0 aliphatic carbocycles. The quantitative estimate of drug-likeness (QED) is 0.801. The summed E-state index contributed by atoms with van der Waals surface area (Å²) in [6, 6.07) is 5.25. The zero-order chi connectivity index (χ0) is 12.3. The molecule has 0 aliphatic rings. The van der Waals surface area contributed by atoms with E-state index in [1.54, 1.807) is 12.4 Å². The first-order chi connectivity index (χ1) is 8.22. The van der Waals surface area contributed by atoms with Crippen molar-refractivity contribution in [1.82, 2.24) is 9.97 Å². The van der Waals surface area contributed by atoms with E-state index in [0.29, 0.717) is 11.5 Å². The van der Waals surface area contributed by atoms with Crippen molar-refractivity contribution in [2.45, 2.75) is 26.2 Å². The number of benzene rings is 1. The van der Waals surface area contributed by atoms with Crippen LogP contribution in [0.5, 0.6) is 0 Å². The van der Waals surface area contributed by atoms with Gasteiger partial charge in [-0.3, -0.25) is 0 Å². The highest BCUT2D eigenvalue weighted by Gasteiger charge is 2.09. The van der Waals surface area contributed by atoms with Gasteiger partial charge in [-0.25, -0.2) is 14.4 Å². The second kappa shape index (κ2) is 5.04. The van der Waals surface area contributed by atoms with E-state index in [4.69, 9.17) is 0 Å². The van der Waals surface area contributed by atoms with Gasteiger partial charge in [0.1, 0.15) is 12.1 Å². The van der Waals surface area contributed by atoms with Crippen LogP contribution in [0, 0.1) is 5.82 Å². The van der Waals surface area contributed by atoms with Crippen LogP contribution in [0.1, 0.15) is 31.7 Å². The summed E-state index contributed by atoms with van der Waals surface area (Å²) >= 11 is 0. The Bertz CT molecular complexity index is 497. The van der Waals surface area contributed by atoms with Crippen molar-refractivity contribution < 1.29 is 4.39 Å². The molecular weight excluding hydrogens is 215 g/mol. The predicted molar refractivity (Wildman–Crippen MR) is 66.1 cm³/mol. The maximum atomic E-state index is 13.8. The average molecular weight is 230 g/mol. The van der Waals surface area contributed by atoms with Gasteiger partial charge in [0.15, 0.2) is 0 Å². The van der Waals surface area contributed by atoms with Gasteiger partial charge >= 0.3 is 0 Å². The molecule has 1 atom stereocenters. The highest BCUT2D eigenvalue weighted by atomic mass is 19.1. The van der Waals surface area contributed by atoms with Crippen LogP contribution in [0.15, 0.2) is 36.9 Å². The highest BCUT2D eigenvalue weighted by molar-refractivity contribution is 5.63. The fraction of sp³-hybridized carbons (Fsp3) is 0.286. The lowest BCUT2D eigenvalue weighted by atomic mass is 9.95. The molecule has 2 aromatic rings. The Morgan fingerprint density at radius 2 is 1.94 bits per heavy atom. The van der Waals surface area contributed by atoms with E-state index in [1.165, 1.54) is 12.4 Å². The molecule has 1 unspecified atom stereocenters. The van der Waals surface area contributed by atoms with E-state index in [0.717, 1.165) is 17.5 Å². The molecule has 1 aromatic carbocycles. The number of rotatable bonds is 3. The maximum absolute atomic E-state index is 13.8. The van der Waals surface area contributed by atoms with Crippen LogP contribution in [0.4, 0.5) is 4.39 Å². The summed E-state index contributed by atoms with van der Waals surface area (Å²) in [4.78, 5) is 7.84. The van der Waals surface area contributed by atoms with E-state index in [-0.39, 0.29) is 5.82 Å². The van der Waals surface area contributed by atoms with Crippen LogP contribution in [0.2, 0.25) is 0 Å². The summed E-state index contributed by atoms with van der Waals surface area (Å²) in [6.07, 6.45) is 5.74. The molecule has 1 heterocycles. The first kappa shape index (κ1) is 11.7. The normalized spacial score (nSPS) is 12.4. The second-order valence-corrected chi connectivity index (χ2v) is 4.18. The molecule has 88 valence electrons. The van der Waals surface area contributed by atoms with E-state index in [2.05, 4.69) is 23.8 Å². The molecule has 0 amide bonds. The minimum absolute atomic E-state index is 0.230. The van der Waals surface area contributed by atoms with Crippen molar-refractivity contribution in [2.75, 3.05) is 0 Å². The smallest absolute Gasteiger partial charge is 0.131 e. The lowest BCUT2D eigenvalue weighted by Gasteiger charge is -2.11. The highest BCUT2D eigenvalue weighted by Crippen LogP contribution is 2.27. The van der Waals surface area contributed by atoms with Gasteiger partial charge in [-0.15, -0.1) is 0 Å². The number of hydrogen-bond acceptors (Lipinski definition) is 2. The zero-order valence-electron chi connectivity index (χ0n) is 10.0. The fourth-order valence-electron chi connectivity index (χ4n) is 1.74. The monoisotopic (exact) mass is 230 g/mol. The standard InChI is InChI=1S/C14H15FN2/c1-3-10(2)11-4-5-14(15)13(6-11)12-7-16-9-17-8-12/h4-10H,3H2,1-2H3. The maximum Gasteiger partial charge on any atom is 0.131 e. The summed E-state index contributed by atoms with van der Waals surface area (Å²) < 4.78 is 13.8. The van der Waals surface area contributed by atoms with Gasteiger partial charge in [0.05, 0.1) is 0 Å². The molecule has 2 nitrogen and oxygen atoms in total. The Labute approximate surface area is 101 Å². The summed E-state index contributed by atoms with van der Waals surface area (Å²) in [5.41, 5.74) is 2.44. The summed E-state index contributed by atoms with van der Waals surface area (Å²) in [7, 11) is 0. The van der Waals surface area contributed by atoms with Gasteiger partial charge in [-0.2, -0.15) is 0 Å². The molecule has 0 saturated heterocycles. The molecule has 0 fully saturated rings. The third-order valence-corrected chi connectivity index (χ3v) is 3.04. The lowest BCUT2D eigenvalue weighted by molar-refractivity contribution is 0.628. The summed E-state index contributed by atoms with van der Waals surface area (Å²) in [5.74, 6) is 0.200. The molecule has 0 saturated carbocycles. The molecule has 0 bridgehead atoms.